The van der Waals surface area contributed by atoms with Crippen LogP contribution in [0.2, 0.25) is 0 Å². The number of nitrogens with one attached hydrogen (secondary N) is 1. The maximum Gasteiger partial charge on any atom is 0.245 e. The van der Waals surface area contributed by atoms with Crippen molar-refractivity contribution in [3.8, 4) is 0 Å². The van der Waals surface area contributed by atoms with Crippen LogP contribution in [0.3, 0.4) is 0 Å². The summed E-state index contributed by atoms with van der Waals surface area (Å²) in [6, 6.07) is 9.53. The van der Waals surface area contributed by atoms with Gasteiger partial charge in [0.1, 0.15) is 12.1 Å². The Labute approximate surface area is 159 Å². The van der Waals surface area contributed by atoms with Gasteiger partial charge in [-0.3, -0.25) is 19.5 Å². The van der Waals surface area contributed by atoms with Crippen LogP contribution in [-0.2, 0) is 16.1 Å². The largest absolute Gasteiger partial charge is 0.342 e. The molecule has 6 heteroatoms. The van der Waals surface area contributed by atoms with E-state index in [9.17, 15) is 9.59 Å². The van der Waals surface area contributed by atoms with Gasteiger partial charge < -0.3 is 10.2 Å². The molecule has 142 valence electrons. The number of nitrogens with zero attached hydrogens (tertiary/aromatic N) is 3. The molecule has 2 aliphatic heterocycles. The summed E-state index contributed by atoms with van der Waals surface area (Å²) in [5, 5.41) is 4.06. The molecule has 27 heavy (non-hydrogen) atoms. The van der Waals surface area contributed by atoms with Crippen molar-refractivity contribution >= 4 is 22.7 Å². The molecular formula is C21H26N4O2. The Hall–Kier alpha value is -2.47. The van der Waals surface area contributed by atoms with Crippen molar-refractivity contribution in [2.24, 2.45) is 5.92 Å². The molecule has 2 aliphatic rings. The Morgan fingerprint density at radius 3 is 2.89 bits per heavy atom. The van der Waals surface area contributed by atoms with Crippen molar-refractivity contribution in [2.45, 2.75) is 38.9 Å². The fraction of sp³-hybridized carbons (Fsp3) is 0.476. The van der Waals surface area contributed by atoms with Gasteiger partial charge in [0.15, 0.2) is 0 Å². The molecule has 2 fully saturated rings. The Kier molecular flexibility index (Phi) is 4.83. The number of hydrogen-bond donors (Lipinski definition) is 1. The second-order valence-electron chi connectivity index (χ2n) is 8.00. The van der Waals surface area contributed by atoms with E-state index in [1.54, 1.807) is 11.1 Å². The van der Waals surface area contributed by atoms with Gasteiger partial charge in [-0.05, 0) is 36.1 Å². The lowest BCUT2D eigenvalue weighted by Gasteiger charge is -2.45. The molecule has 0 saturated carbocycles. The normalized spacial score (nSPS) is 23.6. The van der Waals surface area contributed by atoms with Crippen molar-refractivity contribution < 1.29 is 9.59 Å². The van der Waals surface area contributed by atoms with Gasteiger partial charge in [-0.1, -0.05) is 26.0 Å². The van der Waals surface area contributed by atoms with Crippen LogP contribution in [0.4, 0.5) is 0 Å². The van der Waals surface area contributed by atoms with Crippen molar-refractivity contribution in [3.63, 3.8) is 0 Å². The summed E-state index contributed by atoms with van der Waals surface area (Å²) in [6.45, 7) is 6.89. The van der Waals surface area contributed by atoms with E-state index in [0.29, 0.717) is 25.4 Å². The van der Waals surface area contributed by atoms with Crippen molar-refractivity contribution in [1.82, 2.24) is 20.1 Å². The van der Waals surface area contributed by atoms with E-state index < -0.39 is 0 Å². The molecule has 2 amide bonds. The van der Waals surface area contributed by atoms with Gasteiger partial charge in [-0.25, -0.2) is 0 Å². The first-order chi connectivity index (χ1) is 13.0. The first-order valence-corrected chi connectivity index (χ1v) is 9.68. The highest BCUT2D eigenvalue weighted by atomic mass is 16.2. The second kappa shape index (κ2) is 7.27. The van der Waals surface area contributed by atoms with Crippen LogP contribution in [-0.4, -0.2) is 58.3 Å². The van der Waals surface area contributed by atoms with E-state index >= 15 is 0 Å². The fourth-order valence-corrected chi connectivity index (χ4v) is 4.11. The number of rotatable bonds is 4. The molecule has 0 unspecified atom stereocenters. The summed E-state index contributed by atoms with van der Waals surface area (Å²) < 4.78 is 0. The molecule has 0 radical (unpaired) electrons. The van der Waals surface area contributed by atoms with Crippen LogP contribution >= 0.6 is 0 Å². The Morgan fingerprint density at radius 2 is 2.07 bits per heavy atom. The van der Waals surface area contributed by atoms with Crippen LogP contribution in [0.25, 0.3) is 10.9 Å². The van der Waals surface area contributed by atoms with Gasteiger partial charge in [0.25, 0.3) is 0 Å². The van der Waals surface area contributed by atoms with Crippen LogP contribution in [0.15, 0.2) is 36.5 Å². The maximum atomic E-state index is 12.7. The number of piperazine rings is 2. The van der Waals surface area contributed by atoms with Gasteiger partial charge in [0.05, 0.1) is 5.52 Å². The predicted molar refractivity (Wildman–Crippen MR) is 104 cm³/mol. The van der Waals surface area contributed by atoms with E-state index in [1.165, 1.54) is 5.56 Å². The van der Waals surface area contributed by atoms with Crippen LogP contribution < -0.4 is 5.32 Å². The van der Waals surface area contributed by atoms with Crippen molar-refractivity contribution in [1.29, 1.82) is 0 Å². The molecule has 2 saturated heterocycles. The van der Waals surface area contributed by atoms with E-state index in [4.69, 9.17) is 0 Å². The van der Waals surface area contributed by atoms with E-state index in [0.717, 1.165) is 24.0 Å². The first-order valence-electron chi connectivity index (χ1n) is 9.68. The lowest BCUT2D eigenvalue weighted by Crippen LogP contribution is -2.69. The summed E-state index contributed by atoms with van der Waals surface area (Å²) in [4.78, 5) is 33.7. The predicted octanol–water partition coefficient (Wildman–Crippen LogP) is 1.79. The monoisotopic (exact) mass is 366 g/mol. The minimum absolute atomic E-state index is 0.0207. The smallest absolute Gasteiger partial charge is 0.245 e. The minimum Gasteiger partial charge on any atom is -0.342 e. The van der Waals surface area contributed by atoms with Crippen LogP contribution in [0.1, 0.15) is 25.8 Å². The third-order valence-corrected chi connectivity index (χ3v) is 5.45. The number of hydrogen-bond acceptors (Lipinski definition) is 4. The van der Waals surface area contributed by atoms with Gasteiger partial charge in [0.2, 0.25) is 11.8 Å². The zero-order chi connectivity index (χ0) is 19.0. The Bertz CT molecular complexity index is 866. The SMILES string of the molecule is CC(C)C[C@H]1NC(=O)[C@H]2CN(Cc3ccc4ncccc4c3)CCN2C1=O. The average molecular weight is 366 g/mol. The number of fused-ring (bicyclic) bond motifs is 2. The molecule has 1 aromatic heterocycles. The molecule has 1 aromatic carbocycles. The van der Waals surface area contributed by atoms with Crippen LogP contribution in [0, 0.1) is 5.92 Å². The second-order valence-corrected chi connectivity index (χ2v) is 8.00. The summed E-state index contributed by atoms with van der Waals surface area (Å²) in [7, 11) is 0. The summed E-state index contributed by atoms with van der Waals surface area (Å²) in [6.07, 6.45) is 2.50. The molecule has 0 spiro atoms. The molecule has 2 aromatic rings. The Morgan fingerprint density at radius 1 is 1.22 bits per heavy atom. The minimum atomic E-state index is -0.378. The topological polar surface area (TPSA) is 65.5 Å². The molecule has 2 atom stereocenters. The van der Waals surface area contributed by atoms with E-state index in [-0.39, 0.29) is 23.9 Å². The molecule has 4 rings (SSSR count). The van der Waals surface area contributed by atoms with Crippen molar-refractivity contribution in [3.05, 3.63) is 42.1 Å². The standard InChI is InChI=1S/C21H26N4O2/c1-14(2)10-18-21(27)25-9-8-24(13-19(25)20(26)23-18)12-15-5-6-17-16(11-15)4-3-7-22-17/h3-7,11,14,18-19H,8-10,12-13H2,1-2H3,(H,23,26)/t18-,19-/m1/s1. The summed E-state index contributed by atoms with van der Waals surface area (Å²) in [5.41, 5.74) is 2.18. The third-order valence-electron chi connectivity index (χ3n) is 5.45. The van der Waals surface area contributed by atoms with Gasteiger partial charge in [0, 0.05) is 37.8 Å². The lowest BCUT2D eigenvalue weighted by molar-refractivity contribution is -0.153. The van der Waals surface area contributed by atoms with E-state index in [1.807, 2.05) is 12.1 Å². The highest BCUT2D eigenvalue weighted by molar-refractivity contribution is 5.97. The molecule has 3 heterocycles. The molecule has 0 bridgehead atoms. The molecular weight excluding hydrogens is 340 g/mol. The number of benzene rings is 1. The number of carbonyl (C=O) groups is 2. The summed E-state index contributed by atoms with van der Waals surface area (Å²) >= 11 is 0. The maximum absolute atomic E-state index is 12.7. The highest BCUT2D eigenvalue weighted by Crippen LogP contribution is 2.21. The zero-order valence-electron chi connectivity index (χ0n) is 15.9. The van der Waals surface area contributed by atoms with Gasteiger partial charge >= 0.3 is 0 Å². The van der Waals surface area contributed by atoms with Crippen molar-refractivity contribution in [2.75, 3.05) is 19.6 Å². The Balaban J connectivity index is 1.45. The summed E-state index contributed by atoms with van der Waals surface area (Å²) in [5.74, 6) is 0.428. The average Bonchev–Trinajstić information content (AvgIpc) is 2.65. The third kappa shape index (κ3) is 3.67. The quantitative estimate of drug-likeness (QED) is 0.896. The number of carbonyl (C=O) groups excluding carboxylic acids is 2. The van der Waals surface area contributed by atoms with Crippen LogP contribution in [0.5, 0.6) is 0 Å². The van der Waals surface area contributed by atoms with Gasteiger partial charge in [-0.15, -0.1) is 0 Å². The molecule has 0 aliphatic carbocycles. The molecule has 1 N–H and O–H groups in total. The number of amides is 2. The number of pyridine rings is 1. The number of aromatic nitrogens is 1. The molecule has 6 nitrogen and oxygen atoms in total. The first kappa shape index (κ1) is 17.9. The van der Waals surface area contributed by atoms with E-state index in [2.05, 4.69) is 47.2 Å². The highest BCUT2D eigenvalue weighted by Gasteiger charge is 2.43. The zero-order valence-corrected chi connectivity index (χ0v) is 15.9. The fourth-order valence-electron chi connectivity index (χ4n) is 4.11. The van der Waals surface area contributed by atoms with Gasteiger partial charge in [-0.2, -0.15) is 0 Å². The lowest BCUT2D eigenvalue weighted by atomic mass is 9.97.